The fourth-order valence-corrected chi connectivity index (χ4v) is 5.29. The highest BCUT2D eigenvalue weighted by atomic mass is 35.5. The Labute approximate surface area is 195 Å². The molecule has 4 atom stereocenters. The van der Waals surface area contributed by atoms with E-state index in [1.165, 1.54) is 0 Å². The number of nitrogens with one attached hydrogen (secondary N) is 3. The van der Waals surface area contributed by atoms with E-state index >= 15 is 0 Å². The summed E-state index contributed by atoms with van der Waals surface area (Å²) < 4.78 is 22.9. The number of nitrogens with zero attached hydrogens (tertiary/aromatic N) is 3. The number of halogens is 1. The smallest absolute Gasteiger partial charge is 0.231 e. The molecule has 0 radical (unpaired) electrons. The van der Waals surface area contributed by atoms with E-state index in [0.717, 1.165) is 53.7 Å². The van der Waals surface area contributed by atoms with Gasteiger partial charge in [0.2, 0.25) is 11.3 Å². The van der Waals surface area contributed by atoms with Crippen molar-refractivity contribution in [1.29, 1.82) is 0 Å². The molecule has 4 rings (SSSR count). The lowest BCUT2D eigenvalue weighted by atomic mass is 9.80. The Morgan fingerprint density at radius 2 is 2.22 bits per heavy atom. The molecule has 172 valence electrons. The van der Waals surface area contributed by atoms with Crippen LogP contribution in [0.2, 0.25) is 5.15 Å². The zero-order valence-corrected chi connectivity index (χ0v) is 19.8. The molecule has 0 saturated heterocycles. The molecule has 1 aliphatic carbocycles. The summed E-state index contributed by atoms with van der Waals surface area (Å²) in [6.07, 6.45) is 7.92. The minimum absolute atomic E-state index is 0.178. The zero-order chi connectivity index (χ0) is 22.7. The summed E-state index contributed by atoms with van der Waals surface area (Å²) >= 11 is 4.38. The van der Waals surface area contributed by atoms with Gasteiger partial charge in [0.25, 0.3) is 0 Å². The Bertz CT molecular complexity index is 1090. The highest BCUT2D eigenvalue weighted by Crippen LogP contribution is 2.33. The summed E-state index contributed by atoms with van der Waals surface area (Å²) in [5, 5.41) is 5.07. The average Bonchev–Trinajstić information content (AvgIpc) is 3.17. The standard InChI is InChI=1S/C22H29ClN6O2S/c1-29(2)19(13-26-32(30)31)14-5-3-6-16(9-14)27-21-11-15(10-20(23)28-21)18-12-25-22-17(18)7-4-8-24-22/h4,7-8,10-12,14,16,19,26H,3,5-6,9,13H2,1-2H3,(H,24,25)(H,27,28)(H,30,31). The SMILES string of the molecule is CN(C)C(CNS(=O)O)C1CCCC(Nc2cc(-c3c[nH]c4ncccc34)cc(Cl)n2)C1. The molecule has 0 spiro atoms. The Balaban J connectivity index is 1.51. The first-order valence-corrected chi connectivity index (χ1v) is 12.3. The van der Waals surface area contributed by atoms with Crippen LogP contribution in [0, 0.1) is 5.92 Å². The second-order valence-electron chi connectivity index (χ2n) is 8.56. The van der Waals surface area contributed by atoms with E-state index in [-0.39, 0.29) is 12.1 Å². The largest absolute Gasteiger partial charge is 0.367 e. The van der Waals surface area contributed by atoms with Crippen molar-refractivity contribution in [3.05, 3.63) is 41.8 Å². The van der Waals surface area contributed by atoms with E-state index in [1.807, 2.05) is 44.6 Å². The minimum atomic E-state index is -2.00. The quantitative estimate of drug-likeness (QED) is 0.290. The zero-order valence-electron chi connectivity index (χ0n) is 18.2. The van der Waals surface area contributed by atoms with Gasteiger partial charge in [-0.1, -0.05) is 18.0 Å². The molecule has 1 saturated carbocycles. The van der Waals surface area contributed by atoms with E-state index in [4.69, 9.17) is 16.2 Å². The van der Waals surface area contributed by atoms with Crippen molar-refractivity contribution >= 4 is 39.7 Å². The molecule has 0 bridgehead atoms. The van der Waals surface area contributed by atoms with Crippen LogP contribution in [-0.2, 0) is 11.3 Å². The number of aromatic nitrogens is 3. The van der Waals surface area contributed by atoms with Crippen molar-refractivity contribution in [3.63, 3.8) is 0 Å². The molecule has 32 heavy (non-hydrogen) atoms. The first-order valence-electron chi connectivity index (χ1n) is 10.8. The van der Waals surface area contributed by atoms with E-state index < -0.39 is 11.3 Å². The number of hydrogen-bond donors (Lipinski definition) is 4. The van der Waals surface area contributed by atoms with Crippen LogP contribution in [0.3, 0.4) is 0 Å². The Morgan fingerprint density at radius 3 is 3.00 bits per heavy atom. The number of hydrogen-bond acceptors (Lipinski definition) is 5. The molecular formula is C22H29ClN6O2S. The first kappa shape index (κ1) is 23.1. The lowest BCUT2D eigenvalue weighted by Gasteiger charge is -2.38. The Morgan fingerprint density at radius 1 is 1.38 bits per heavy atom. The maximum Gasteiger partial charge on any atom is 0.231 e. The molecule has 8 nitrogen and oxygen atoms in total. The van der Waals surface area contributed by atoms with Gasteiger partial charge < -0.3 is 15.2 Å². The van der Waals surface area contributed by atoms with Crippen LogP contribution in [0.4, 0.5) is 5.82 Å². The fourth-order valence-electron chi connectivity index (χ4n) is 4.77. The van der Waals surface area contributed by atoms with Gasteiger partial charge in [-0.25, -0.2) is 18.9 Å². The first-order chi connectivity index (χ1) is 15.4. The van der Waals surface area contributed by atoms with Crippen LogP contribution in [0.25, 0.3) is 22.2 Å². The maximum atomic E-state index is 11.1. The van der Waals surface area contributed by atoms with Crippen LogP contribution >= 0.6 is 11.6 Å². The lowest BCUT2D eigenvalue weighted by Crippen LogP contribution is -2.46. The third-order valence-corrected chi connectivity index (χ3v) is 6.85. The average molecular weight is 477 g/mol. The van der Waals surface area contributed by atoms with Crippen LogP contribution in [0.15, 0.2) is 36.7 Å². The van der Waals surface area contributed by atoms with Crippen molar-refractivity contribution in [2.24, 2.45) is 5.92 Å². The molecular weight excluding hydrogens is 448 g/mol. The van der Waals surface area contributed by atoms with Crippen LogP contribution in [0.5, 0.6) is 0 Å². The molecule has 4 N–H and O–H groups in total. The summed E-state index contributed by atoms with van der Waals surface area (Å²) in [6, 6.07) is 8.30. The minimum Gasteiger partial charge on any atom is -0.367 e. The molecule has 0 amide bonds. The number of fused-ring (bicyclic) bond motifs is 1. The van der Waals surface area contributed by atoms with Gasteiger partial charge in [0.1, 0.15) is 16.6 Å². The highest BCUT2D eigenvalue weighted by Gasteiger charge is 2.30. The van der Waals surface area contributed by atoms with Crippen LogP contribution < -0.4 is 10.0 Å². The number of anilines is 1. The monoisotopic (exact) mass is 476 g/mol. The third-order valence-electron chi connectivity index (χ3n) is 6.25. The van der Waals surface area contributed by atoms with Gasteiger partial charge in [-0.3, -0.25) is 4.55 Å². The molecule has 4 unspecified atom stereocenters. The number of H-pyrrole nitrogens is 1. The van der Waals surface area contributed by atoms with Crippen LogP contribution in [0.1, 0.15) is 25.7 Å². The summed E-state index contributed by atoms with van der Waals surface area (Å²) in [6.45, 7) is 0.474. The van der Waals surface area contributed by atoms with Crippen molar-refractivity contribution in [2.75, 3.05) is 26.0 Å². The maximum absolute atomic E-state index is 11.1. The highest BCUT2D eigenvalue weighted by molar-refractivity contribution is 7.77. The summed E-state index contributed by atoms with van der Waals surface area (Å²) in [7, 11) is 4.04. The van der Waals surface area contributed by atoms with Gasteiger partial charge in [-0.05, 0) is 69.1 Å². The topological polar surface area (TPSA) is 106 Å². The second-order valence-corrected chi connectivity index (χ2v) is 9.74. The Kier molecular flexibility index (Phi) is 7.42. The number of rotatable bonds is 8. The van der Waals surface area contributed by atoms with Gasteiger partial charge >= 0.3 is 0 Å². The molecule has 3 heterocycles. The van der Waals surface area contributed by atoms with E-state index in [1.54, 1.807) is 6.20 Å². The summed E-state index contributed by atoms with van der Waals surface area (Å²) in [4.78, 5) is 14.2. The third kappa shape index (κ3) is 5.47. The molecule has 3 aromatic heterocycles. The lowest BCUT2D eigenvalue weighted by molar-refractivity contribution is 0.166. The van der Waals surface area contributed by atoms with Crippen molar-refractivity contribution in [2.45, 2.75) is 37.8 Å². The van der Waals surface area contributed by atoms with Gasteiger partial charge in [0.15, 0.2) is 0 Å². The predicted molar refractivity (Wildman–Crippen MR) is 130 cm³/mol. The Hall–Kier alpha value is -2.04. The van der Waals surface area contributed by atoms with E-state index in [0.29, 0.717) is 17.6 Å². The predicted octanol–water partition coefficient (Wildman–Crippen LogP) is 3.91. The van der Waals surface area contributed by atoms with Crippen molar-refractivity contribution < 1.29 is 8.76 Å². The van der Waals surface area contributed by atoms with Gasteiger partial charge in [-0.2, -0.15) is 0 Å². The molecule has 1 fully saturated rings. The summed E-state index contributed by atoms with van der Waals surface area (Å²) in [5.74, 6) is 1.16. The normalized spacial score (nSPS) is 21.0. The molecule has 0 aromatic carbocycles. The second kappa shape index (κ2) is 10.3. The number of likely N-dealkylation sites (N-methyl/N-ethyl adjacent to an activating group) is 1. The summed E-state index contributed by atoms with van der Waals surface area (Å²) in [5.41, 5.74) is 2.87. The number of aromatic amines is 1. The molecule has 3 aromatic rings. The number of pyridine rings is 2. The van der Waals surface area contributed by atoms with Crippen molar-refractivity contribution in [1.82, 2.24) is 24.6 Å². The van der Waals surface area contributed by atoms with Gasteiger partial charge in [-0.15, -0.1) is 0 Å². The van der Waals surface area contributed by atoms with Gasteiger partial charge in [0, 0.05) is 42.0 Å². The van der Waals surface area contributed by atoms with Crippen LogP contribution in [-0.4, -0.2) is 61.3 Å². The molecule has 10 heteroatoms. The molecule has 1 aliphatic rings. The van der Waals surface area contributed by atoms with E-state index in [2.05, 4.69) is 29.9 Å². The molecule has 0 aliphatic heterocycles. The van der Waals surface area contributed by atoms with Gasteiger partial charge in [0.05, 0.1) is 0 Å². The van der Waals surface area contributed by atoms with Crippen molar-refractivity contribution in [3.8, 4) is 11.1 Å². The van der Waals surface area contributed by atoms with E-state index in [9.17, 15) is 4.21 Å². The fraction of sp³-hybridized carbons (Fsp3) is 0.455.